The standard InChI is InChI=1S/C24H15BrClN3O5/c25-20-13-19(29(32)33)10-11-21(20)28-23(30)22(16-4-2-1-3-5-16)34-24(31)17(14-27)12-15-6-8-18(26)9-7-15/h1-13,22H,(H,28,30). The van der Waals surface area contributed by atoms with Crippen molar-refractivity contribution < 1.29 is 19.2 Å². The maximum absolute atomic E-state index is 13.1. The van der Waals surface area contributed by atoms with Crippen molar-refractivity contribution in [3.63, 3.8) is 0 Å². The highest BCUT2D eigenvalue weighted by molar-refractivity contribution is 9.10. The molecule has 0 radical (unpaired) electrons. The number of benzene rings is 3. The van der Waals surface area contributed by atoms with Crippen molar-refractivity contribution in [3.05, 3.63) is 109 Å². The number of hydrogen-bond acceptors (Lipinski definition) is 6. The van der Waals surface area contributed by atoms with E-state index < -0.39 is 22.9 Å². The molecule has 3 aromatic rings. The summed E-state index contributed by atoms with van der Waals surface area (Å²) < 4.78 is 5.70. The zero-order valence-electron chi connectivity index (χ0n) is 17.3. The molecule has 0 heterocycles. The first-order valence-corrected chi connectivity index (χ1v) is 10.8. The summed E-state index contributed by atoms with van der Waals surface area (Å²) in [5, 5.41) is 23.5. The number of nitrogens with one attached hydrogen (secondary N) is 1. The quantitative estimate of drug-likeness (QED) is 0.132. The molecule has 0 aliphatic heterocycles. The van der Waals surface area contributed by atoms with E-state index in [-0.39, 0.29) is 21.4 Å². The van der Waals surface area contributed by atoms with Crippen LogP contribution in [0, 0.1) is 21.4 Å². The molecular formula is C24H15BrClN3O5. The fourth-order valence-corrected chi connectivity index (χ4v) is 3.44. The van der Waals surface area contributed by atoms with Gasteiger partial charge in [-0.05, 0) is 45.8 Å². The maximum Gasteiger partial charge on any atom is 0.350 e. The third-order valence-corrected chi connectivity index (χ3v) is 5.42. The zero-order chi connectivity index (χ0) is 24.7. The van der Waals surface area contributed by atoms with Crippen LogP contribution in [0.1, 0.15) is 17.2 Å². The summed E-state index contributed by atoms with van der Waals surface area (Å²) in [6, 6.07) is 20.3. The Labute approximate surface area is 207 Å². The molecule has 34 heavy (non-hydrogen) atoms. The number of nitrogens with zero attached hydrogens (tertiary/aromatic N) is 2. The van der Waals surface area contributed by atoms with Crippen LogP contribution in [0.25, 0.3) is 6.08 Å². The van der Waals surface area contributed by atoms with Crippen LogP contribution in [0.5, 0.6) is 0 Å². The third-order valence-electron chi connectivity index (χ3n) is 4.51. The summed E-state index contributed by atoms with van der Waals surface area (Å²) in [6.07, 6.45) is -0.0660. The number of amides is 1. The number of carbonyl (C=O) groups is 2. The van der Waals surface area contributed by atoms with Gasteiger partial charge in [0.2, 0.25) is 6.10 Å². The average Bonchev–Trinajstić information content (AvgIpc) is 2.83. The predicted octanol–water partition coefficient (Wildman–Crippen LogP) is 5.84. The van der Waals surface area contributed by atoms with Gasteiger partial charge in [0, 0.05) is 27.2 Å². The van der Waals surface area contributed by atoms with E-state index in [0.717, 1.165) is 0 Å². The molecule has 1 unspecified atom stereocenters. The highest BCUT2D eigenvalue weighted by atomic mass is 79.9. The van der Waals surface area contributed by atoms with Crippen LogP contribution in [0.2, 0.25) is 5.02 Å². The number of rotatable bonds is 7. The highest BCUT2D eigenvalue weighted by Gasteiger charge is 2.27. The molecule has 0 bridgehead atoms. The molecule has 10 heteroatoms. The number of esters is 1. The van der Waals surface area contributed by atoms with Gasteiger partial charge in [0.05, 0.1) is 10.6 Å². The fraction of sp³-hybridized carbons (Fsp3) is 0.0417. The normalized spacial score (nSPS) is 11.7. The summed E-state index contributed by atoms with van der Waals surface area (Å²) in [7, 11) is 0. The zero-order valence-corrected chi connectivity index (χ0v) is 19.6. The van der Waals surface area contributed by atoms with Gasteiger partial charge in [-0.1, -0.05) is 54.1 Å². The molecule has 0 aliphatic carbocycles. The molecule has 0 saturated carbocycles. The van der Waals surface area contributed by atoms with E-state index in [0.29, 0.717) is 16.1 Å². The Balaban J connectivity index is 1.87. The van der Waals surface area contributed by atoms with Gasteiger partial charge >= 0.3 is 5.97 Å². The predicted molar refractivity (Wildman–Crippen MR) is 130 cm³/mol. The number of nitro benzene ring substituents is 1. The highest BCUT2D eigenvalue weighted by Crippen LogP contribution is 2.29. The lowest BCUT2D eigenvalue weighted by Crippen LogP contribution is -2.26. The van der Waals surface area contributed by atoms with Gasteiger partial charge < -0.3 is 10.1 Å². The number of nitriles is 1. The fourth-order valence-electron chi connectivity index (χ4n) is 2.85. The van der Waals surface area contributed by atoms with Crippen molar-refractivity contribution in [2.75, 3.05) is 5.32 Å². The number of hydrogen-bond donors (Lipinski definition) is 1. The molecule has 0 spiro atoms. The number of ether oxygens (including phenoxy) is 1. The lowest BCUT2D eigenvalue weighted by Gasteiger charge is -2.18. The first-order valence-electron chi connectivity index (χ1n) is 9.66. The van der Waals surface area contributed by atoms with Crippen molar-refractivity contribution in [1.82, 2.24) is 0 Å². The lowest BCUT2D eigenvalue weighted by atomic mass is 10.1. The molecule has 0 fully saturated rings. The van der Waals surface area contributed by atoms with Crippen LogP contribution < -0.4 is 5.32 Å². The average molecular weight is 541 g/mol. The summed E-state index contributed by atoms with van der Waals surface area (Å²) in [5.41, 5.74) is 0.683. The SMILES string of the molecule is N#CC(=Cc1ccc(Cl)cc1)C(=O)OC(C(=O)Nc1ccc([N+](=O)[O-])cc1Br)c1ccccc1. The van der Waals surface area contributed by atoms with Gasteiger partial charge in [-0.15, -0.1) is 0 Å². The van der Waals surface area contributed by atoms with Gasteiger partial charge in [0.1, 0.15) is 11.6 Å². The van der Waals surface area contributed by atoms with E-state index in [1.165, 1.54) is 24.3 Å². The summed E-state index contributed by atoms with van der Waals surface area (Å²) in [6.45, 7) is 0. The maximum atomic E-state index is 13.1. The van der Waals surface area contributed by atoms with Crippen molar-refractivity contribution in [1.29, 1.82) is 5.26 Å². The number of halogens is 2. The first-order chi connectivity index (χ1) is 16.3. The molecule has 0 aromatic heterocycles. The van der Waals surface area contributed by atoms with Gasteiger partial charge in [-0.25, -0.2) is 4.79 Å². The van der Waals surface area contributed by atoms with Crippen LogP contribution >= 0.6 is 27.5 Å². The van der Waals surface area contributed by atoms with Crippen LogP contribution in [0.15, 0.2) is 82.8 Å². The number of nitro groups is 1. The molecule has 1 N–H and O–H groups in total. The van der Waals surface area contributed by atoms with Crippen LogP contribution in [-0.4, -0.2) is 16.8 Å². The lowest BCUT2D eigenvalue weighted by molar-refractivity contribution is -0.384. The molecule has 8 nitrogen and oxygen atoms in total. The van der Waals surface area contributed by atoms with E-state index in [4.69, 9.17) is 16.3 Å². The minimum absolute atomic E-state index is 0.165. The van der Waals surface area contributed by atoms with E-state index in [2.05, 4.69) is 21.2 Å². The van der Waals surface area contributed by atoms with E-state index in [1.807, 2.05) is 0 Å². The van der Waals surface area contributed by atoms with E-state index in [1.54, 1.807) is 60.7 Å². The summed E-state index contributed by atoms with van der Waals surface area (Å²) >= 11 is 9.05. The van der Waals surface area contributed by atoms with Gasteiger partial charge in [0.15, 0.2) is 0 Å². The second-order valence-corrected chi connectivity index (χ2v) is 8.12. The monoisotopic (exact) mass is 539 g/mol. The van der Waals surface area contributed by atoms with Crippen molar-refractivity contribution in [2.24, 2.45) is 0 Å². The van der Waals surface area contributed by atoms with Crippen molar-refractivity contribution in [3.8, 4) is 6.07 Å². The Morgan fingerprint density at radius 3 is 2.38 bits per heavy atom. The number of carbonyl (C=O) groups excluding carboxylic acids is 2. The van der Waals surface area contributed by atoms with E-state index in [9.17, 15) is 25.0 Å². The van der Waals surface area contributed by atoms with Gasteiger partial charge in [-0.2, -0.15) is 5.26 Å². The van der Waals surface area contributed by atoms with Crippen molar-refractivity contribution in [2.45, 2.75) is 6.10 Å². The molecule has 0 aliphatic rings. The molecule has 3 rings (SSSR count). The molecule has 1 atom stereocenters. The Morgan fingerprint density at radius 2 is 1.79 bits per heavy atom. The first kappa shape index (κ1) is 24.6. The minimum atomic E-state index is -1.39. The van der Waals surface area contributed by atoms with Gasteiger partial charge in [-0.3, -0.25) is 14.9 Å². The number of non-ortho nitro benzene ring substituents is 1. The summed E-state index contributed by atoms with van der Waals surface area (Å²) in [4.78, 5) is 36.2. The largest absolute Gasteiger partial charge is 0.443 e. The van der Waals surface area contributed by atoms with E-state index >= 15 is 0 Å². The number of anilines is 1. The van der Waals surface area contributed by atoms with Crippen LogP contribution in [0.4, 0.5) is 11.4 Å². The Bertz CT molecular complexity index is 1300. The van der Waals surface area contributed by atoms with Gasteiger partial charge in [0.25, 0.3) is 11.6 Å². The molecule has 170 valence electrons. The topological polar surface area (TPSA) is 122 Å². The third kappa shape index (κ3) is 6.28. The Hall–Kier alpha value is -4.00. The molecular weight excluding hydrogens is 526 g/mol. The molecule has 0 saturated heterocycles. The van der Waals surface area contributed by atoms with Crippen LogP contribution in [-0.2, 0) is 14.3 Å². The van der Waals surface area contributed by atoms with Crippen LogP contribution in [0.3, 0.4) is 0 Å². The Morgan fingerprint density at radius 1 is 1.12 bits per heavy atom. The minimum Gasteiger partial charge on any atom is -0.443 e. The molecule has 1 amide bonds. The summed E-state index contributed by atoms with van der Waals surface area (Å²) in [5.74, 6) is -1.71. The smallest absolute Gasteiger partial charge is 0.350 e. The second-order valence-electron chi connectivity index (χ2n) is 6.83. The molecule has 3 aromatic carbocycles. The Kier molecular flexibility index (Phi) is 8.14. The second kappa shape index (κ2) is 11.2. The van der Waals surface area contributed by atoms with Crippen molar-refractivity contribution >= 4 is 56.9 Å².